The molecule has 12 heteroatoms. The molecule has 5 aromatic rings. The van der Waals surface area contributed by atoms with E-state index < -0.39 is 11.1 Å². The number of carbonyl (C=O) groups is 1. The molecule has 1 amide bonds. The van der Waals surface area contributed by atoms with E-state index in [0.717, 1.165) is 23.0 Å². The number of hydrogen-bond acceptors (Lipinski definition) is 10. The maximum atomic E-state index is 13.3. The molecule has 40 heavy (non-hydrogen) atoms. The lowest BCUT2D eigenvalue weighted by atomic mass is 10.1. The minimum Gasteiger partial charge on any atom is -0.430 e. The first-order valence-corrected chi connectivity index (χ1v) is 13.2. The second-order valence-electron chi connectivity index (χ2n) is 8.69. The molecular formula is C28H21N7O4S. The van der Waals surface area contributed by atoms with Crippen LogP contribution < -0.4 is 10.4 Å². The van der Waals surface area contributed by atoms with Crippen LogP contribution in [0, 0.1) is 10.1 Å². The van der Waals surface area contributed by atoms with Gasteiger partial charge >= 0.3 is 0 Å². The highest BCUT2D eigenvalue weighted by molar-refractivity contribution is 7.99. The number of pyridine rings is 1. The lowest BCUT2D eigenvalue weighted by Gasteiger charge is -2.32. The maximum absolute atomic E-state index is 13.3. The van der Waals surface area contributed by atoms with E-state index in [1.165, 1.54) is 12.1 Å². The van der Waals surface area contributed by atoms with Crippen molar-refractivity contribution in [3.63, 3.8) is 0 Å². The van der Waals surface area contributed by atoms with Crippen molar-refractivity contribution < 1.29 is 14.1 Å². The van der Waals surface area contributed by atoms with Gasteiger partial charge in [0.1, 0.15) is 0 Å². The average Bonchev–Trinajstić information content (AvgIpc) is 3.58. The van der Waals surface area contributed by atoms with Crippen LogP contribution in [0.3, 0.4) is 0 Å². The van der Waals surface area contributed by atoms with Crippen molar-refractivity contribution in [3.05, 3.63) is 124 Å². The summed E-state index contributed by atoms with van der Waals surface area (Å²) in [7, 11) is 0. The highest BCUT2D eigenvalue weighted by atomic mass is 32.2. The minimum absolute atomic E-state index is 0.0176. The van der Waals surface area contributed by atoms with Crippen LogP contribution in [-0.4, -0.2) is 37.4 Å². The van der Waals surface area contributed by atoms with E-state index >= 15 is 0 Å². The first-order chi connectivity index (χ1) is 19.6. The number of nitrogens with zero attached hydrogens (tertiary/aromatic N) is 6. The number of aromatic nitrogens is 2. The molecule has 1 atom stereocenters. The van der Waals surface area contributed by atoms with Crippen LogP contribution in [0.15, 0.2) is 118 Å². The maximum Gasteiger partial charge on any atom is 0.269 e. The number of non-ortho nitro benzene ring substituents is 1. The van der Waals surface area contributed by atoms with E-state index in [2.05, 4.69) is 15.4 Å². The average molecular weight is 552 g/mol. The van der Waals surface area contributed by atoms with Crippen molar-refractivity contribution in [2.45, 2.75) is 11.4 Å². The number of nitro benzene ring substituents is 1. The highest BCUT2D eigenvalue weighted by Crippen LogP contribution is 2.36. The number of amidine groups is 1. The lowest BCUT2D eigenvalue weighted by Crippen LogP contribution is -2.48. The molecule has 6 rings (SSSR count). The smallest absolute Gasteiger partial charge is 0.269 e. The third-order valence-electron chi connectivity index (χ3n) is 6.08. The van der Waals surface area contributed by atoms with Gasteiger partial charge in [-0.2, -0.15) is 4.98 Å². The van der Waals surface area contributed by atoms with Crippen molar-refractivity contribution in [1.29, 1.82) is 0 Å². The number of para-hydroxylation sites is 1. The predicted molar refractivity (Wildman–Crippen MR) is 150 cm³/mol. The summed E-state index contributed by atoms with van der Waals surface area (Å²) in [6.45, 7) is 0. The van der Waals surface area contributed by atoms with Gasteiger partial charge in [0.25, 0.3) is 10.9 Å². The molecule has 0 bridgehead atoms. The number of rotatable bonds is 8. The zero-order valence-corrected chi connectivity index (χ0v) is 21.6. The number of hydrazone groups is 1. The molecule has 0 spiro atoms. The summed E-state index contributed by atoms with van der Waals surface area (Å²) >= 11 is 1.15. The third kappa shape index (κ3) is 5.07. The molecule has 0 fully saturated rings. The second kappa shape index (κ2) is 10.9. The number of amides is 1. The normalized spacial score (nSPS) is 14.8. The van der Waals surface area contributed by atoms with Crippen molar-refractivity contribution >= 4 is 46.1 Å². The van der Waals surface area contributed by atoms with E-state index in [4.69, 9.17) is 9.52 Å². The number of benzene rings is 3. The molecule has 0 saturated heterocycles. The monoisotopic (exact) mass is 551 g/mol. The summed E-state index contributed by atoms with van der Waals surface area (Å²) in [5, 5.41) is 20.0. The summed E-state index contributed by atoms with van der Waals surface area (Å²) in [6.07, 6.45) is 1.00. The fourth-order valence-electron chi connectivity index (χ4n) is 4.27. The number of hydrazine groups is 1. The Hall–Kier alpha value is -5.23. The topological polar surface area (TPSA) is 130 Å². The van der Waals surface area contributed by atoms with Gasteiger partial charge in [-0.3, -0.25) is 20.3 Å². The molecule has 1 aliphatic rings. The second-order valence-corrected chi connectivity index (χ2v) is 9.62. The number of carbonyl (C=O) groups excluding carboxylic acids is 1. The molecule has 11 nitrogen and oxygen atoms in total. The number of hydrogen-bond donors (Lipinski definition) is 1. The Morgan fingerprint density at radius 2 is 1.70 bits per heavy atom. The number of nitrogens with one attached hydrogen (secondary N) is 1. The van der Waals surface area contributed by atoms with Gasteiger partial charge in [-0.05, 0) is 42.0 Å². The fourth-order valence-corrected chi connectivity index (χ4v) is 4.89. The molecule has 1 N–H and O–H groups in total. The van der Waals surface area contributed by atoms with Crippen molar-refractivity contribution in [3.8, 4) is 0 Å². The Kier molecular flexibility index (Phi) is 6.81. The van der Waals surface area contributed by atoms with Crippen LogP contribution >= 0.6 is 11.8 Å². The Morgan fingerprint density at radius 1 is 0.975 bits per heavy atom. The molecule has 198 valence electrons. The van der Waals surface area contributed by atoms with Gasteiger partial charge in [0, 0.05) is 23.9 Å². The molecule has 0 radical (unpaired) electrons. The van der Waals surface area contributed by atoms with Gasteiger partial charge in [-0.25, -0.2) is 15.0 Å². The van der Waals surface area contributed by atoms with Crippen LogP contribution in [-0.2, 0) is 4.79 Å². The summed E-state index contributed by atoms with van der Waals surface area (Å²) in [6, 6.07) is 28.7. The lowest BCUT2D eigenvalue weighted by molar-refractivity contribution is -0.384. The van der Waals surface area contributed by atoms with E-state index in [-0.39, 0.29) is 17.3 Å². The largest absolute Gasteiger partial charge is 0.430 e. The first-order valence-electron chi connectivity index (χ1n) is 12.2. The van der Waals surface area contributed by atoms with Gasteiger partial charge < -0.3 is 4.42 Å². The summed E-state index contributed by atoms with van der Waals surface area (Å²) in [5.41, 5.74) is 6.24. The van der Waals surface area contributed by atoms with Gasteiger partial charge in [-0.15, -0.1) is 5.10 Å². The zero-order chi connectivity index (χ0) is 27.5. The summed E-state index contributed by atoms with van der Waals surface area (Å²) < 4.78 is 5.68. The van der Waals surface area contributed by atoms with Gasteiger partial charge in [0.15, 0.2) is 23.2 Å². The molecule has 3 heterocycles. The van der Waals surface area contributed by atoms with E-state index in [0.29, 0.717) is 27.9 Å². The number of nitro groups is 1. The highest BCUT2D eigenvalue weighted by Gasteiger charge is 2.38. The van der Waals surface area contributed by atoms with Crippen molar-refractivity contribution in [2.24, 2.45) is 5.10 Å². The van der Waals surface area contributed by atoms with Crippen LogP contribution in [0.2, 0.25) is 0 Å². The molecule has 1 unspecified atom stereocenters. The van der Waals surface area contributed by atoms with Crippen molar-refractivity contribution in [1.82, 2.24) is 20.4 Å². The minimum atomic E-state index is -0.624. The Labute approximate surface area is 232 Å². The molecule has 1 aliphatic heterocycles. The van der Waals surface area contributed by atoms with Gasteiger partial charge in [0.2, 0.25) is 5.91 Å². The van der Waals surface area contributed by atoms with E-state index in [9.17, 15) is 14.9 Å². The fraction of sp³-hybridized carbons (Fsp3) is 0.0714. The third-order valence-corrected chi connectivity index (χ3v) is 6.91. The Bertz CT molecular complexity index is 1660. The number of thioether (sulfide) groups is 1. The molecule has 3 aromatic carbocycles. The number of oxazole rings is 1. The molecule has 2 aromatic heterocycles. The van der Waals surface area contributed by atoms with E-state index in [1.54, 1.807) is 40.5 Å². The first kappa shape index (κ1) is 25.1. The Balaban J connectivity index is 1.33. The molecular weight excluding hydrogens is 530 g/mol. The number of anilines is 1. The Morgan fingerprint density at radius 3 is 2.40 bits per heavy atom. The van der Waals surface area contributed by atoms with E-state index in [1.807, 2.05) is 60.7 Å². The quantitative estimate of drug-likeness (QED) is 0.158. The summed E-state index contributed by atoms with van der Waals surface area (Å²) in [5.74, 6) is 0.215. The van der Waals surface area contributed by atoms with Crippen LogP contribution in [0.4, 0.5) is 11.4 Å². The SMILES string of the molecule is O=C(CSc1nc2ncccc2o1)NN1C(c2ccccc2)=NN(c2ccccc2)C1c1ccc([N+](=O)[O-])cc1. The number of fused-ring (bicyclic) bond motifs is 1. The summed E-state index contributed by atoms with van der Waals surface area (Å²) in [4.78, 5) is 32.6. The zero-order valence-electron chi connectivity index (χ0n) is 20.8. The van der Waals surface area contributed by atoms with Crippen LogP contribution in [0.25, 0.3) is 11.2 Å². The molecule has 0 saturated carbocycles. The molecule has 0 aliphatic carbocycles. The van der Waals surface area contributed by atoms with Crippen LogP contribution in [0.5, 0.6) is 0 Å². The van der Waals surface area contributed by atoms with Gasteiger partial charge in [0.05, 0.1) is 16.4 Å². The van der Waals surface area contributed by atoms with Crippen molar-refractivity contribution in [2.75, 3.05) is 10.8 Å². The standard InChI is InChI=1S/C28H21N7O4S/c36-24(18-40-28-30-25-23(39-28)12-7-17-29-25)31-34-26(19-8-3-1-4-9-19)32-33(21-10-5-2-6-11-21)27(34)20-13-15-22(16-14-20)35(37)38/h1-17,27H,18H2,(H,31,36). The van der Waals surface area contributed by atoms with Crippen LogP contribution in [0.1, 0.15) is 17.3 Å². The van der Waals surface area contributed by atoms with Gasteiger partial charge in [-0.1, -0.05) is 60.3 Å². The predicted octanol–water partition coefficient (Wildman–Crippen LogP) is 5.14.